The van der Waals surface area contributed by atoms with E-state index in [0.29, 0.717) is 19.3 Å². The molecule has 0 aromatic heterocycles. The van der Waals surface area contributed by atoms with E-state index in [-0.39, 0.29) is 71.5 Å². The number of hydrogen-bond acceptors (Lipinski definition) is 7. The number of ketones is 1. The minimum absolute atomic E-state index is 0.0104. The summed E-state index contributed by atoms with van der Waals surface area (Å²) in [4.78, 5) is 48.1. The van der Waals surface area contributed by atoms with Crippen molar-refractivity contribution in [3.05, 3.63) is 0 Å². The van der Waals surface area contributed by atoms with Gasteiger partial charge in [0.05, 0.1) is 0 Å². The molecule has 4 aliphatic rings. The molecular formula is C31H45F3O7. The number of Topliss-reactive ketones (excluding diaryl/α,β-unsaturated/α-hetero) is 1. The standard InChI is InChI=1S/C31H45F3O7/c1-16(7-10-26(38)31(32,33)34)22-8-9-23-28-24(15-27(30(22,23)6)41-19(4)37)29(5)12-11-21(39-17(2)35)13-20(29)14-25(28)40-18(3)36/h16,20-25,27-28H,7-15H2,1-6H3/t16-,20+,21-,22-,23+,24+,25-,27+,28+,29+,30-/m1/s1. The van der Waals surface area contributed by atoms with E-state index in [1.807, 2.05) is 6.92 Å². The number of ether oxygens (including phenoxy) is 3. The molecule has 0 radical (unpaired) electrons. The van der Waals surface area contributed by atoms with E-state index in [4.69, 9.17) is 14.2 Å². The lowest BCUT2D eigenvalue weighted by atomic mass is 9.43. The number of alkyl halides is 3. The van der Waals surface area contributed by atoms with Crippen molar-refractivity contribution in [1.82, 2.24) is 0 Å². The second-order valence-electron chi connectivity index (χ2n) is 13.7. The molecule has 0 N–H and O–H groups in total. The molecule has 41 heavy (non-hydrogen) atoms. The highest BCUT2D eigenvalue weighted by atomic mass is 19.4. The first-order valence-corrected chi connectivity index (χ1v) is 15.1. The van der Waals surface area contributed by atoms with Crippen LogP contribution in [-0.2, 0) is 33.4 Å². The Morgan fingerprint density at radius 2 is 1.49 bits per heavy atom. The van der Waals surface area contributed by atoms with Gasteiger partial charge in [0, 0.05) is 38.5 Å². The smallest absolute Gasteiger partial charge is 0.449 e. The first-order valence-electron chi connectivity index (χ1n) is 15.1. The highest BCUT2D eigenvalue weighted by molar-refractivity contribution is 5.83. The van der Waals surface area contributed by atoms with Crippen LogP contribution in [0, 0.1) is 46.3 Å². The Morgan fingerprint density at radius 3 is 2.07 bits per heavy atom. The third-order valence-electron chi connectivity index (χ3n) is 11.5. The number of fused-ring (bicyclic) bond motifs is 5. The number of carbonyl (C=O) groups is 4. The maximum atomic E-state index is 12.9. The van der Waals surface area contributed by atoms with Crippen molar-refractivity contribution < 1.29 is 46.6 Å². The highest BCUT2D eigenvalue weighted by Gasteiger charge is 2.67. The maximum absolute atomic E-state index is 12.9. The van der Waals surface area contributed by atoms with E-state index >= 15 is 0 Å². The summed E-state index contributed by atoms with van der Waals surface area (Å²) in [6, 6.07) is 0. The molecule has 10 heteroatoms. The molecule has 0 unspecified atom stereocenters. The minimum Gasteiger partial charge on any atom is -0.463 e. The molecule has 0 spiro atoms. The molecule has 0 aromatic carbocycles. The zero-order chi connectivity index (χ0) is 30.5. The van der Waals surface area contributed by atoms with Gasteiger partial charge in [-0.15, -0.1) is 0 Å². The first-order chi connectivity index (χ1) is 19.0. The lowest BCUT2D eigenvalue weighted by molar-refractivity contribution is -0.224. The third kappa shape index (κ3) is 6.03. The quantitative estimate of drug-likeness (QED) is 0.259. The van der Waals surface area contributed by atoms with E-state index in [0.717, 1.165) is 25.7 Å². The number of hydrogen-bond donors (Lipinski definition) is 0. The average Bonchev–Trinajstić information content (AvgIpc) is 3.20. The fraction of sp³-hybridized carbons (Fsp3) is 0.871. The summed E-state index contributed by atoms with van der Waals surface area (Å²) in [7, 11) is 0. The topological polar surface area (TPSA) is 96.0 Å². The molecule has 0 heterocycles. The molecule has 4 rings (SSSR count). The summed E-state index contributed by atoms with van der Waals surface area (Å²) >= 11 is 0. The summed E-state index contributed by atoms with van der Waals surface area (Å²) in [6.07, 6.45) is -1.28. The van der Waals surface area contributed by atoms with Gasteiger partial charge in [-0.2, -0.15) is 13.2 Å². The molecule has 11 atom stereocenters. The van der Waals surface area contributed by atoms with Crippen LogP contribution >= 0.6 is 0 Å². The van der Waals surface area contributed by atoms with E-state index in [1.54, 1.807) is 0 Å². The van der Waals surface area contributed by atoms with Crippen molar-refractivity contribution in [2.75, 3.05) is 0 Å². The average molecular weight is 587 g/mol. The molecular weight excluding hydrogens is 541 g/mol. The monoisotopic (exact) mass is 586 g/mol. The van der Waals surface area contributed by atoms with E-state index in [1.165, 1.54) is 20.8 Å². The Morgan fingerprint density at radius 1 is 0.854 bits per heavy atom. The zero-order valence-electron chi connectivity index (χ0n) is 25.1. The van der Waals surface area contributed by atoms with Gasteiger partial charge in [0.2, 0.25) is 5.78 Å². The molecule has 4 saturated carbocycles. The van der Waals surface area contributed by atoms with Crippen LogP contribution in [0.2, 0.25) is 0 Å². The molecule has 0 amide bonds. The van der Waals surface area contributed by atoms with Gasteiger partial charge in [-0.25, -0.2) is 0 Å². The summed E-state index contributed by atoms with van der Waals surface area (Å²) < 4.78 is 56.5. The number of rotatable bonds is 7. The highest BCUT2D eigenvalue weighted by Crippen LogP contribution is 2.69. The van der Waals surface area contributed by atoms with Crippen molar-refractivity contribution in [3.8, 4) is 0 Å². The van der Waals surface area contributed by atoms with Gasteiger partial charge in [-0.3, -0.25) is 19.2 Å². The van der Waals surface area contributed by atoms with Crippen LogP contribution in [0.5, 0.6) is 0 Å². The van der Waals surface area contributed by atoms with Crippen molar-refractivity contribution in [3.63, 3.8) is 0 Å². The SMILES string of the molecule is CC(=O)O[C@@H]1CC[C@@]2(C)[C@@H](C1)C[C@@H](OC(C)=O)[C@@H]1[C@@H]2C[C@H](OC(C)=O)[C@]2(C)[C@@H]([C@H](C)CCC(=O)C(F)(F)F)CC[C@@H]12. The molecule has 0 aromatic rings. The van der Waals surface area contributed by atoms with Gasteiger partial charge in [-0.1, -0.05) is 20.8 Å². The van der Waals surface area contributed by atoms with Gasteiger partial charge < -0.3 is 14.2 Å². The second-order valence-corrected chi connectivity index (χ2v) is 13.7. The van der Waals surface area contributed by atoms with Crippen LogP contribution in [0.4, 0.5) is 13.2 Å². The van der Waals surface area contributed by atoms with E-state index < -0.39 is 35.9 Å². The van der Waals surface area contributed by atoms with Crippen LogP contribution in [0.25, 0.3) is 0 Å². The van der Waals surface area contributed by atoms with Gasteiger partial charge in [-0.05, 0) is 86.4 Å². The van der Waals surface area contributed by atoms with Crippen LogP contribution in [0.3, 0.4) is 0 Å². The number of carbonyl (C=O) groups excluding carboxylic acids is 4. The molecule has 7 nitrogen and oxygen atoms in total. The van der Waals surface area contributed by atoms with Crippen molar-refractivity contribution >= 4 is 23.7 Å². The van der Waals surface area contributed by atoms with Gasteiger partial charge in [0.15, 0.2) is 0 Å². The van der Waals surface area contributed by atoms with Gasteiger partial charge in [0.1, 0.15) is 18.3 Å². The van der Waals surface area contributed by atoms with Gasteiger partial charge >= 0.3 is 24.1 Å². The first kappa shape index (κ1) is 31.8. The fourth-order valence-electron chi connectivity index (χ4n) is 9.82. The lowest BCUT2D eigenvalue weighted by Crippen LogP contribution is -2.63. The van der Waals surface area contributed by atoms with Crippen LogP contribution < -0.4 is 0 Å². The molecule has 4 aliphatic carbocycles. The lowest BCUT2D eigenvalue weighted by Gasteiger charge is -2.64. The molecule has 0 bridgehead atoms. The van der Waals surface area contributed by atoms with E-state index in [9.17, 15) is 32.3 Å². The van der Waals surface area contributed by atoms with Gasteiger partial charge in [0.25, 0.3) is 0 Å². The molecule has 232 valence electrons. The Balaban J connectivity index is 1.68. The summed E-state index contributed by atoms with van der Waals surface area (Å²) in [6.45, 7) is 10.5. The van der Waals surface area contributed by atoms with E-state index in [2.05, 4.69) is 13.8 Å². The number of esters is 3. The van der Waals surface area contributed by atoms with Crippen molar-refractivity contribution in [2.24, 2.45) is 46.3 Å². The predicted octanol–water partition coefficient (Wildman–Crippen LogP) is 6.21. The fourth-order valence-corrected chi connectivity index (χ4v) is 9.82. The second kappa shape index (κ2) is 11.5. The summed E-state index contributed by atoms with van der Waals surface area (Å²) in [5.41, 5.74) is -0.676. The Bertz CT molecular complexity index is 1040. The Hall–Kier alpha value is -2.13. The predicted molar refractivity (Wildman–Crippen MR) is 142 cm³/mol. The Kier molecular flexibility index (Phi) is 8.93. The molecule has 4 fully saturated rings. The van der Waals surface area contributed by atoms with Crippen LogP contribution in [0.15, 0.2) is 0 Å². The largest absolute Gasteiger partial charge is 0.463 e. The zero-order valence-corrected chi connectivity index (χ0v) is 25.1. The summed E-state index contributed by atoms with van der Waals surface area (Å²) in [5.74, 6) is -2.74. The third-order valence-corrected chi connectivity index (χ3v) is 11.5. The van der Waals surface area contributed by atoms with Crippen LogP contribution in [0.1, 0.15) is 99.3 Å². The van der Waals surface area contributed by atoms with Crippen LogP contribution in [-0.4, -0.2) is 48.2 Å². The number of halogens is 3. The van der Waals surface area contributed by atoms with Crippen molar-refractivity contribution in [2.45, 2.75) is 124 Å². The molecule has 0 aliphatic heterocycles. The summed E-state index contributed by atoms with van der Waals surface area (Å²) in [5, 5.41) is 0. The Labute approximate surface area is 240 Å². The minimum atomic E-state index is -4.85. The maximum Gasteiger partial charge on any atom is 0.449 e. The normalized spacial score (nSPS) is 40.8. The van der Waals surface area contributed by atoms with Crippen molar-refractivity contribution in [1.29, 1.82) is 0 Å². The molecule has 0 saturated heterocycles.